The van der Waals surface area contributed by atoms with Crippen LogP contribution in [0.5, 0.6) is 0 Å². The Labute approximate surface area is 156 Å². The van der Waals surface area contributed by atoms with E-state index in [9.17, 15) is 14.0 Å². The molecule has 2 aromatic rings. The van der Waals surface area contributed by atoms with Gasteiger partial charge in [0.2, 0.25) is 0 Å². The van der Waals surface area contributed by atoms with Crippen LogP contribution in [-0.2, 0) is 14.4 Å². The molecule has 2 rings (SSSR count). The zero-order chi connectivity index (χ0) is 19.8. The number of carbonyl (C=O) groups excluding carboxylic acids is 2. The first kappa shape index (κ1) is 19.9. The number of nitrogens with one attached hydrogen (secondary N) is 2. The Kier molecular flexibility index (Phi) is 6.87. The second-order valence-corrected chi connectivity index (χ2v) is 5.44. The number of carbonyl (C=O) groups is 2. The van der Waals surface area contributed by atoms with Crippen LogP contribution >= 0.6 is 0 Å². The Hall–Kier alpha value is -3.42. The zero-order valence-corrected chi connectivity index (χ0v) is 15.2. The van der Waals surface area contributed by atoms with Gasteiger partial charge in [0.1, 0.15) is 19.0 Å². The first-order valence-electron chi connectivity index (χ1n) is 8.12. The molecular formula is C19H20FN3O4. The molecule has 7 nitrogen and oxygen atoms in total. The van der Waals surface area contributed by atoms with Crippen molar-refractivity contribution >= 4 is 23.4 Å². The van der Waals surface area contributed by atoms with E-state index in [-0.39, 0.29) is 11.4 Å². The molecule has 0 radical (unpaired) electrons. The molecule has 27 heavy (non-hydrogen) atoms. The van der Waals surface area contributed by atoms with Gasteiger partial charge in [-0.15, -0.1) is 0 Å². The Morgan fingerprint density at radius 3 is 2.44 bits per heavy atom. The molecule has 1 atom stereocenters. The number of nitrogens with zero attached hydrogens (tertiary/aromatic N) is 1. The summed E-state index contributed by atoms with van der Waals surface area (Å²) in [5, 5.41) is 8.60. The maximum absolute atomic E-state index is 13.6. The van der Waals surface area contributed by atoms with Crippen LogP contribution in [0.25, 0.3) is 0 Å². The highest BCUT2D eigenvalue weighted by molar-refractivity contribution is 6.45. The second-order valence-electron chi connectivity index (χ2n) is 5.44. The third-order valence-electron chi connectivity index (χ3n) is 3.67. The maximum atomic E-state index is 13.6. The van der Waals surface area contributed by atoms with Gasteiger partial charge in [0.05, 0.1) is 5.69 Å². The number of ether oxygens (including phenoxy) is 1. The van der Waals surface area contributed by atoms with E-state index in [1.54, 1.807) is 37.3 Å². The minimum Gasteiger partial charge on any atom is -0.441 e. The van der Waals surface area contributed by atoms with Crippen LogP contribution in [0.2, 0.25) is 0 Å². The van der Waals surface area contributed by atoms with Crippen molar-refractivity contribution in [2.45, 2.75) is 13.0 Å². The van der Waals surface area contributed by atoms with Crippen LogP contribution in [0, 0.1) is 5.82 Å². The molecule has 0 aliphatic heterocycles. The summed E-state index contributed by atoms with van der Waals surface area (Å²) in [6.45, 7) is 1.63. The minimum atomic E-state index is -0.826. The van der Waals surface area contributed by atoms with E-state index < -0.39 is 23.9 Å². The molecule has 0 fully saturated rings. The monoisotopic (exact) mass is 373 g/mol. The van der Waals surface area contributed by atoms with Crippen molar-refractivity contribution < 1.29 is 23.6 Å². The summed E-state index contributed by atoms with van der Waals surface area (Å²) in [4.78, 5) is 29.0. The molecular weight excluding hydrogens is 353 g/mol. The topological polar surface area (TPSA) is 89.0 Å². The summed E-state index contributed by atoms with van der Waals surface area (Å²) in [7, 11) is 2.80. The number of likely N-dealkylation sites (N-methyl/N-ethyl adjacent to an activating group) is 1. The normalized spacial score (nSPS) is 12.1. The van der Waals surface area contributed by atoms with Crippen molar-refractivity contribution in [3.05, 3.63) is 65.5 Å². The van der Waals surface area contributed by atoms with Gasteiger partial charge >= 0.3 is 6.09 Å². The first-order valence-corrected chi connectivity index (χ1v) is 8.12. The number of hydrogen-bond donors (Lipinski definition) is 2. The van der Waals surface area contributed by atoms with Crippen LogP contribution in [-0.4, -0.2) is 31.9 Å². The zero-order valence-electron chi connectivity index (χ0n) is 15.2. The average molecular weight is 373 g/mol. The number of anilines is 1. The third-order valence-corrected chi connectivity index (χ3v) is 3.67. The van der Waals surface area contributed by atoms with Crippen LogP contribution in [0.3, 0.4) is 0 Å². The summed E-state index contributed by atoms with van der Waals surface area (Å²) >= 11 is 0. The molecule has 2 N–H and O–H groups in total. The van der Waals surface area contributed by atoms with E-state index in [1.807, 2.05) is 0 Å². The fourth-order valence-corrected chi connectivity index (χ4v) is 2.42. The van der Waals surface area contributed by atoms with Crippen molar-refractivity contribution in [2.24, 2.45) is 5.16 Å². The maximum Gasteiger partial charge on any atom is 0.412 e. The molecule has 0 saturated heterocycles. The highest BCUT2D eigenvalue weighted by Gasteiger charge is 2.22. The molecule has 142 valence electrons. The van der Waals surface area contributed by atoms with Gasteiger partial charge in [-0.1, -0.05) is 41.6 Å². The second kappa shape index (κ2) is 9.33. The van der Waals surface area contributed by atoms with Gasteiger partial charge in [-0.2, -0.15) is 0 Å². The van der Waals surface area contributed by atoms with Crippen LogP contribution < -0.4 is 10.6 Å². The van der Waals surface area contributed by atoms with Gasteiger partial charge < -0.3 is 14.9 Å². The fraction of sp³-hybridized carbons (Fsp3) is 0.211. The van der Waals surface area contributed by atoms with E-state index in [0.29, 0.717) is 11.1 Å². The van der Waals surface area contributed by atoms with Crippen LogP contribution in [0.1, 0.15) is 24.2 Å². The number of oxime groups is 1. The molecule has 0 aromatic heterocycles. The lowest BCUT2D eigenvalue weighted by atomic mass is 9.99. The van der Waals surface area contributed by atoms with Gasteiger partial charge in [-0.25, -0.2) is 9.18 Å². The number of halogens is 1. The third kappa shape index (κ3) is 5.04. The first-order chi connectivity index (χ1) is 13.0. The predicted octanol–water partition coefficient (Wildman–Crippen LogP) is 3.23. The van der Waals surface area contributed by atoms with Gasteiger partial charge in [-0.05, 0) is 19.1 Å². The molecule has 2 aromatic carbocycles. The van der Waals surface area contributed by atoms with E-state index in [1.165, 1.54) is 32.4 Å². The van der Waals surface area contributed by atoms with Gasteiger partial charge in [-0.3, -0.25) is 10.1 Å². The smallest absolute Gasteiger partial charge is 0.412 e. The highest BCUT2D eigenvalue weighted by Crippen LogP contribution is 2.23. The molecule has 0 saturated carbocycles. The van der Waals surface area contributed by atoms with Crippen molar-refractivity contribution in [3.8, 4) is 0 Å². The number of para-hydroxylation sites is 1. The lowest BCUT2D eigenvalue weighted by Gasteiger charge is -2.18. The standard InChI is InChI=1S/C19H20FN3O4/c1-12(27-19(25)22-16-11-7-6-10-15(16)20)13-8-4-5-9-14(13)17(23-26-3)18(24)21-2/h4-12H,1-3H3,(H,21,24)(H,22,25)/b23-17+. The molecule has 0 spiro atoms. The number of hydrogen-bond acceptors (Lipinski definition) is 5. The van der Waals surface area contributed by atoms with Crippen molar-refractivity contribution in [2.75, 3.05) is 19.5 Å². The van der Waals surface area contributed by atoms with E-state index >= 15 is 0 Å². The Balaban J connectivity index is 2.23. The Bertz CT molecular complexity index is 854. The van der Waals surface area contributed by atoms with Crippen LogP contribution in [0.15, 0.2) is 53.7 Å². The number of amides is 2. The average Bonchev–Trinajstić information content (AvgIpc) is 2.67. The summed E-state index contributed by atoms with van der Waals surface area (Å²) in [5.41, 5.74) is 1.04. The van der Waals surface area contributed by atoms with Crippen molar-refractivity contribution in [1.82, 2.24) is 5.32 Å². The largest absolute Gasteiger partial charge is 0.441 e. The van der Waals surface area contributed by atoms with Gasteiger partial charge in [0.15, 0.2) is 5.71 Å². The summed E-state index contributed by atoms with van der Waals surface area (Å²) in [6.07, 6.45) is -1.56. The number of benzene rings is 2. The highest BCUT2D eigenvalue weighted by atomic mass is 19.1. The summed E-state index contributed by atoms with van der Waals surface area (Å²) in [6, 6.07) is 12.6. The Morgan fingerprint density at radius 2 is 1.78 bits per heavy atom. The predicted molar refractivity (Wildman–Crippen MR) is 99.0 cm³/mol. The SMILES string of the molecule is CNC(=O)/C(=N/OC)c1ccccc1C(C)OC(=O)Nc1ccccc1F. The quantitative estimate of drug-likeness (QED) is 0.601. The van der Waals surface area contributed by atoms with E-state index in [4.69, 9.17) is 9.57 Å². The lowest BCUT2D eigenvalue weighted by Crippen LogP contribution is -2.30. The molecule has 1 unspecified atom stereocenters. The summed E-state index contributed by atoms with van der Waals surface area (Å²) < 4.78 is 19.0. The molecule has 8 heteroatoms. The van der Waals surface area contributed by atoms with Gasteiger partial charge in [0.25, 0.3) is 5.91 Å². The number of rotatable bonds is 6. The van der Waals surface area contributed by atoms with Crippen molar-refractivity contribution in [3.63, 3.8) is 0 Å². The van der Waals surface area contributed by atoms with Gasteiger partial charge in [0, 0.05) is 18.2 Å². The van der Waals surface area contributed by atoms with E-state index in [0.717, 1.165) is 0 Å². The Morgan fingerprint density at radius 1 is 1.11 bits per heavy atom. The molecule has 0 bridgehead atoms. The van der Waals surface area contributed by atoms with E-state index in [2.05, 4.69) is 15.8 Å². The van der Waals surface area contributed by atoms with Crippen molar-refractivity contribution in [1.29, 1.82) is 0 Å². The fourth-order valence-electron chi connectivity index (χ4n) is 2.42. The molecule has 0 aliphatic rings. The molecule has 2 amide bonds. The summed E-state index contributed by atoms with van der Waals surface area (Å²) in [5.74, 6) is -1.02. The lowest BCUT2D eigenvalue weighted by molar-refractivity contribution is -0.114. The van der Waals surface area contributed by atoms with Crippen LogP contribution in [0.4, 0.5) is 14.9 Å². The minimum absolute atomic E-state index is 0.00924. The molecule has 0 aliphatic carbocycles. The molecule has 0 heterocycles.